The number of carbonyl (C=O) groups is 1. The summed E-state index contributed by atoms with van der Waals surface area (Å²) in [6.07, 6.45) is 15.1. The van der Waals surface area contributed by atoms with Crippen molar-refractivity contribution in [3.05, 3.63) is 83.4 Å². The van der Waals surface area contributed by atoms with Crippen LogP contribution in [0.15, 0.2) is 66.8 Å². The molecule has 4 fully saturated rings. The first-order valence-corrected chi connectivity index (χ1v) is 12.4. The number of aryl methyl sites for hydroxylation is 1. The molecular weight excluding hydrogens is 408 g/mol. The maximum absolute atomic E-state index is 11.0. The number of rotatable bonds is 8. The van der Waals surface area contributed by atoms with E-state index in [1.807, 2.05) is 37.4 Å². The number of methoxy groups -OCH3 is 1. The number of hydrogen-bond donors (Lipinski definition) is 1. The number of carboxylic acids is 1. The summed E-state index contributed by atoms with van der Waals surface area (Å²) in [5, 5.41) is 9.06. The fourth-order valence-corrected chi connectivity index (χ4v) is 7.24. The second kappa shape index (κ2) is 9.21. The molecule has 0 radical (unpaired) electrons. The highest BCUT2D eigenvalue weighted by Crippen LogP contribution is 2.61. The van der Waals surface area contributed by atoms with Crippen LogP contribution in [0.5, 0.6) is 5.75 Å². The zero-order valence-electron chi connectivity index (χ0n) is 19.5. The zero-order chi connectivity index (χ0) is 22.8. The Kier molecular flexibility index (Phi) is 6.14. The van der Waals surface area contributed by atoms with Crippen LogP contribution < -0.4 is 4.74 Å². The first-order valence-electron chi connectivity index (χ1n) is 12.4. The smallest absolute Gasteiger partial charge is 0.328 e. The van der Waals surface area contributed by atoms with Crippen molar-refractivity contribution in [1.82, 2.24) is 0 Å². The van der Waals surface area contributed by atoms with Crippen molar-refractivity contribution < 1.29 is 14.6 Å². The summed E-state index contributed by atoms with van der Waals surface area (Å²) in [5.41, 5.74) is 5.02. The maximum atomic E-state index is 11.0. The molecule has 2 aromatic rings. The van der Waals surface area contributed by atoms with Gasteiger partial charge in [-0.05, 0) is 103 Å². The van der Waals surface area contributed by atoms with Gasteiger partial charge in [-0.15, -0.1) is 0 Å². The lowest BCUT2D eigenvalue weighted by Gasteiger charge is -2.57. The van der Waals surface area contributed by atoms with Crippen LogP contribution >= 0.6 is 0 Å². The Morgan fingerprint density at radius 1 is 1.00 bits per heavy atom. The molecule has 4 aliphatic rings. The SMILES string of the molecule is COc1cc(CC/C=C(/C=C\C(=O)O)c2ccccc2)ccc1C12CC3CC(CC(C3)C1)C2. The van der Waals surface area contributed by atoms with Crippen LogP contribution in [0.4, 0.5) is 0 Å². The van der Waals surface area contributed by atoms with E-state index < -0.39 is 5.97 Å². The first-order chi connectivity index (χ1) is 16.0. The third-order valence-corrected chi connectivity index (χ3v) is 8.19. The summed E-state index contributed by atoms with van der Waals surface area (Å²) in [6.45, 7) is 0. The van der Waals surface area contributed by atoms with Crippen LogP contribution in [-0.2, 0) is 16.6 Å². The Hall–Kier alpha value is -2.81. The van der Waals surface area contributed by atoms with Crippen molar-refractivity contribution in [3.63, 3.8) is 0 Å². The third kappa shape index (κ3) is 4.64. The van der Waals surface area contributed by atoms with E-state index in [0.717, 1.165) is 47.5 Å². The predicted octanol–water partition coefficient (Wildman–Crippen LogP) is 6.82. The lowest BCUT2D eigenvalue weighted by molar-refractivity contribution is -0.131. The normalized spacial score (nSPS) is 28.4. The third-order valence-electron chi connectivity index (χ3n) is 8.19. The van der Waals surface area contributed by atoms with Gasteiger partial charge in [-0.1, -0.05) is 48.5 Å². The van der Waals surface area contributed by atoms with Crippen LogP contribution in [0.3, 0.4) is 0 Å². The predicted molar refractivity (Wildman–Crippen MR) is 132 cm³/mol. The van der Waals surface area contributed by atoms with Crippen LogP contribution in [-0.4, -0.2) is 18.2 Å². The molecule has 33 heavy (non-hydrogen) atoms. The Bertz CT molecular complexity index is 1030. The molecule has 0 aliphatic heterocycles. The Balaban J connectivity index is 1.34. The van der Waals surface area contributed by atoms with E-state index >= 15 is 0 Å². The van der Waals surface area contributed by atoms with Gasteiger partial charge in [0.2, 0.25) is 0 Å². The van der Waals surface area contributed by atoms with E-state index in [0.29, 0.717) is 5.41 Å². The minimum atomic E-state index is -0.929. The number of benzene rings is 2. The molecule has 6 rings (SSSR count). The summed E-state index contributed by atoms with van der Waals surface area (Å²) in [5.74, 6) is 2.89. The average molecular weight is 443 g/mol. The Labute approximate surface area is 197 Å². The van der Waals surface area contributed by atoms with Gasteiger partial charge in [-0.3, -0.25) is 0 Å². The van der Waals surface area contributed by atoms with Gasteiger partial charge in [-0.25, -0.2) is 4.79 Å². The molecule has 2 aromatic carbocycles. The molecule has 0 saturated heterocycles. The summed E-state index contributed by atoms with van der Waals surface area (Å²) in [7, 11) is 1.81. The number of hydrogen-bond acceptors (Lipinski definition) is 2. The molecule has 0 amide bonds. The molecule has 0 atom stereocenters. The Morgan fingerprint density at radius 3 is 2.27 bits per heavy atom. The van der Waals surface area contributed by atoms with Crippen molar-refractivity contribution in [2.45, 2.75) is 56.8 Å². The van der Waals surface area contributed by atoms with E-state index in [1.54, 1.807) is 6.08 Å². The highest BCUT2D eigenvalue weighted by Gasteiger charge is 2.52. The van der Waals surface area contributed by atoms with Crippen LogP contribution in [0.1, 0.15) is 61.6 Å². The van der Waals surface area contributed by atoms with Crippen molar-refractivity contribution in [3.8, 4) is 5.75 Å². The monoisotopic (exact) mass is 442 g/mol. The van der Waals surface area contributed by atoms with E-state index in [9.17, 15) is 4.79 Å². The number of carboxylic acid groups (broad SMARTS) is 1. The lowest BCUT2D eigenvalue weighted by atomic mass is 9.48. The molecule has 1 N–H and O–H groups in total. The standard InChI is InChI=1S/C30H34O3/c1-33-28-17-21(6-5-9-26(11-13-29(31)32)25-7-3-2-4-8-25)10-12-27(28)30-18-22-14-23(19-30)16-24(15-22)20-30/h2-4,7-13,17,22-24H,5-6,14-16,18-20H2,1H3,(H,31,32)/b13-11-,26-9-. The Morgan fingerprint density at radius 2 is 1.67 bits per heavy atom. The molecule has 4 aliphatic carbocycles. The van der Waals surface area contributed by atoms with Crippen molar-refractivity contribution in [2.75, 3.05) is 7.11 Å². The van der Waals surface area contributed by atoms with Gasteiger partial charge in [0.25, 0.3) is 0 Å². The fraction of sp³-hybridized carbons (Fsp3) is 0.433. The minimum absolute atomic E-state index is 0.334. The highest BCUT2D eigenvalue weighted by molar-refractivity contribution is 5.85. The first kappa shape index (κ1) is 22.0. The summed E-state index contributed by atoms with van der Waals surface area (Å²) in [6, 6.07) is 16.9. The van der Waals surface area contributed by atoms with Crippen molar-refractivity contribution in [1.29, 1.82) is 0 Å². The molecule has 0 aromatic heterocycles. The van der Waals surface area contributed by atoms with E-state index in [1.165, 1.54) is 55.7 Å². The zero-order valence-corrected chi connectivity index (χ0v) is 19.5. The van der Waals surface area contributed by atoms with Gasteiger partial charge in [0, 0.05) is 11.6 Å². The van der Waals surface area contributed by atoms with Crippen LogP contribution in [0.2, 0.25) is 0 Å². The van der Waals surface area contributed by atoms with Crippen molar-refractivity contribution >= 4 is 11.5 Å². The van der Waals surface area contributed by atoms with Crippen LogP contribution in [0, 0.1) is 17.8 Å². The minimum Gasteiger partial charge on any atom is -0.496 e. The van der Waals surface area contributed by atoms with Gasteiger partial charge in [0.1, 0.15) is 5.75 Å². The van der Waals surface area contributed by atoms with Gasteiger partial charge in [-0.2, -0.15) is 0 Å². The topological polar surface area (TPSA) is 46.5 Å². The molecular formula is C30H34O3. The quantitative estimate of drug-likeness (QED) is 0.360. The molecule has 3 nitrogen and oxygen atoms in total. The van der Waals surface area contributed by atoms with Crippen LogP contribution in [0.25, 0.3) is 5.57 Å². The molecule has 3 heteroatoms. The molecule has 4 bridgehead atoms. The second-order valence-corrected chi connectivity index (χ2v) is 10.5. The van der Waals surface area contributed by atoms with Gasteiger partial charge < -0.3 is 9.84 Å². The molecule has 0 heterocycles. The van der Waals surface area contributed by atoms with Gasteiger partial charge in [0.15, 0.2) is 0 Å². The highest BCUT2D eigenvalue weighted by atomic mass is 16.5. The average Bonchev–Trinajstić information content (AvgIpc) is 2.80. The molecule has 0 spiro atoms. The molecule has 0 unspecified atom stereocenters. The fourth-order valence-electron chi connectivity index (χ4n) is 7.24. The van der Waals surface area contributed by atoms with Gasteiger partial charge >= 0.3 is 5.97 Å². The molecule has 4 saturated carbocycles. The lowest BCUT2D eigenvalue weighted by Crippen LogP contribution is -2.48. The number of ether oxygens (including phenoxy) is 1. The summed E-state index contributed by atoms with van der Waals surface area (Å²) < 4.78 is 5.95. The van der Waals surface area contributed by atoms with E-state index in [-0.39, 0.29) is 0 Å². The number of aliphatic carboxylic acids is 1. The number of allylic oxidation sites excluding steroid dienone is 3. The maximum Gasteiger partial charge on any atom is 0.328 e. The summed E-state index contributed by atoms with van der Waals surface area (Å²) >= 11 is 0. The van der Waals surface area contributed by atoms with Gasteiger partial charge in [0.05, 0.1) is 7.11 Å². The summed E-state index contributed by atoms with van der Waals surface area (Å²) in [4.78, 5) is 11.0. The largest absolute Gasteiger partial charge is 0.496 e. The van der Waals surface area contributed by atoms with E-state index in [4.69, 9.17) is 9.84 Å². The van der Waals surface area contributed by atoms with Crippen molar-refractivity contribution in [2.24, 2.45) is 17.8 Å². The molecule has 172 valence electrons. The van der Waals surface area contributed by atoms with E-state index in [2.05, 4.69) is 24.3 Å². The second-order valence-electron chi connectivity index (χ2n) is 10.5.